The monoisotopic (exact) mass is 365 g/mol. The van der Waals surface area contributed by atoms with Crippen molar-refractivity contribution in [3.05, 3.63) is 53.6 Å². The molecule has 1 fully saturated rings. The summed E-state index contributed by atoms with van der Waals surface area (Å²) in [5.74, 6) is 8.76. The first-order valence-corrected chi connectivity index (χ1v) is 9.37. The Morgan fingerprint density at radius 3 is 2.04 bits per heavy atom. The van der Waals surface area contributed by atoms with Gasteiger partial charge in [0.05, 0.1) is 27.4 Å². The van der Waals surface area contributed by atoms with Gasteiger partial charge < -0.3 is 14.2 Å². The van der Waals surface area contributed by atoms with Crippen molar-refractivity contribution in [2.45, 2.75) is 25.3 Å². The Labute approximate surface area is 162 Å². The molecule has 1 atom stereocenters. The second kappa shape index (κ2) is 9.34. The summed E-state index contributed by atoms with van der Waals surface area (Å²) in [7, 11) is 4.91. The summed E-state index contributed by atoms with van der Waals surface area (Å²) in [6.45, 7) is 2.09. The van der Waals surface area contributed by atoms with Crippen molar-refractivity contribution < 1.29 is 14.2 Å². The van der Waals surface area contributed by atoms with Crippen LogP contribution in [0.1, 0.15) is 36.4 Å². The van der Waals surface area contributed by atoms with Gasteiger partial charge in [-0.15, -0.1) is 0 Å². The largest absolute Gasteiger partial charge is 0.493 e. The summed E-state index contributed by atoms with van der Waals surface area (Å²) in [6.07, 6.45) is 3.69. The maximum absolute atomic E-state index is 5.55. The zero-order valence-electron chi connectivity index (χ0n) is 16.3. The lowest BCUT2D eigenvalue weighted by atomic mass is 10.0. The molecule has 1 aliphatic rings. The SMILES string of the molecule is COc1cc(C(C#Cc2ccccc2)N2CCCCC2)cc(OC)c1OC. The van der Waals surface area contributed by atoms with Crippen LogP contribution in [0.5, 0.6) is 17.2 Å². The summed E-state index contributed by atoms with van der Waals surface area (Å²) in [4.78, 5) is 2.44. The first kappa shape index (κ1) is 19.1. The van der Waals surface area contributed by atoms with Gasteiger partial charge in [0.25, 0.3) is 0 Å². The molecule has 1 saturated heterocycles. The van der Waals surface area contributed by atoms with Crippen molar-refractivity contribution in [1.82, 2.24) is 4.90 Å². The number of hydrogen-bond acceptors (Lipinski definition) is 4. The van der Waals surface area contributed by atoms with Crippen molar-refractivity contribution in [2.75, 3.05) is 34.4 Å². The summed E-state index contributed by atoms with van der Waals surface area (Å²) < 4.78 is 16.6. The molecule has 2 aromatic rings. The van der Waals surface area contributed by atoms with Crippen LogP contribution in [0.25, 0.3) is 0 Å². The lowest BCUT2D eigenvalue weighted by Crippen LogP contribution is -2.33. The van der Waals surface area contributed by atoms with Crippen LogP contribution in [-0.2, 0) is 0 Å². The zero-order chi connectivity index (χ0) is 19.1. The van der Waals surface area contributed by atoms with E-state index >= 15 is 0 Å². The molecule has 0 saturated carbocycles. The zero-order valence-corrected chi connectivity index (χ0v) is 16.3. The molecule has 1 heterocycles. The van der Waals surface area contributed by atoms with Crippen molar-refractivity contribution in [2.24, 2.45) is 0 Å². The molecule has 1 unspecified atom stereocenters. The van der Waals surface area contributed by atoms with Gasteiger partial charge in [-0.05, 0) is 55.8 Å². The Bertz CT molecular complexity index is 776. The highest BCUT2D eigenvalue weighted by atomic mass is 16.5. The van der Waals surface area contributed by atoms with Gasteiger partial charge >= 0.3 is 0 Å². The van der Waals surface area contributed by atoms with Crippen LogP contribution in [0.15, 0.2) is 42.5 Å². The fourth-order valence-electron chi connectivity index (χ4n) is 3.49. The molecule has 0 bridgehead atoms. The highest BCUT2D eigenvalue weighted by Gasteiger charge is 2.24. The molecule has 0 N–H and O–H groups in total. The van der Waals surface area contributed by atoms with Crippen LogP contribution < -0.4 is 14.2 Å². The minimum Gasteiger partial charge on any atom is -0.493 e. The van der Waals surface area contributed by atoms with Crippen LogP contribution in [0, 0.1) is 11.8 Å². The topological polar surface area (TPSA) is 30.9 Å². The normalized spacial score (nSPS) is 15.4. The van der Waals surface area contributed by atoms with E-state index in [-0.39, 0.29) is 6.04 Å². The highest BCUT2D eigenvalue weighted by Crippen LogP contribution is 2.40. The molecule has 0 radical (unpaired) electrons. The van der Waals surface area contributed by atoms with Gasteiger partial charge in [0.1, 0.15) is 0 Å². The average Bonchev–Trinajstić information content (AvgIpc) is 2.74. The van der Waals surface area contributed by atoms with E-state index in [1.54, 1.807) is 21.3 Å². The van der Waals surface area contributed by atoms with Gasteiger partial charge in [0.15, 0.2) is 11.5 Å². The summed E-state index contributed by atoms with van der Waals surface area (Å²) in [5.41, 5.74) is 2.08. The fraction of sp³-hybridized carbons (Fsp3) is 0.391. The van der Waals surface area contributed by atoms with E-state index in [0.717, 1.165) is 24.2 Å². The average molecular weight is 365 g/mol. The Kier molecular flexibility index (Phi) is 6.62. The van der Waals surface area contributed by atoms with Crippen LogP contribution in [0.2, 0.25) is 0 Å². The summed E-state index contributed by atoms with van der Waals surface area (Å²) >= 11 is 0. The number of nitrogens with zero attached hydrogens (tertiary/aromatic N) is 1. The molecule has 0 amide bonds. The van der Waals surface area contributed by atoms with Gasteiger partial charge in [-0.25, -0.2) is 0 Å². The van der Waals surface area contributed by atoms with E-state index < -0.39 is 0 Å². The Balaban J connectivity index is 2.03. The predicted octanol–water partition coefficient (Wildman–Crippen LogP) is 4.29. The third kappa shape index (κ3) is 4.56. The number of ether oxygens (including phenoxy) is 3. The molecule has 4 nitrogen and oxygen atoms in total. The fourth-order valence-corrected chi connectivity index (χ4v) is 3.49. The standard InChI is InChI=1S/C23H27NO3/c1-25-21-16-19(17-22(26-2)23(21)27-3)20(24-14-8-5-9-15-24)13-12-18-10-6-4-7-11-18/h4,6-7,10-11,16-17,20H,5,8-9,14-15H2,1-3H3. The molecule has 0 spiro atoms. The van der Waals surface area contributed by atoms with E-state index in [0.29, 0.717) is 17.2 Å². The van der Waals surface area contributed by atoms with Gasteiger partial charge in [-0.3, -0.25) is 4.90 Å². The Morgan fingerprint density at radius 1 is 0.852 bits per heavy atom. The number of piperidine rings is 1. The number of benzene rings is 2. The number of hydrogen-bond donors (Lipinski definition) is 0. The van der Waals surface area contributed by atoms with Crippen molar-refractivity contribution in [1.29, 1.82) is 0 Å². The molecule has 1 aliphatic heterocycles. The number of methoxy groups -OCH3 is 3. The minimum atomic E-state index is -0.0146. The first-order valence-electron chi connectivity index (χ1n) is 9.37. The van der Waals surface area contributed by atoms with Gasteiger partial charge in [0.2, 0.25) is 5.75 Å². The molecule has 27 heavy (non-hydrogen) atoms. The molecule has 2 aromatic carbocycles. The quantitative estimate of drug-likeness (QED) is 0.740. The van der Waals surface area contributed by atoms with Gasteiger partial charge in [-0.1, -0.05) is 36.5 Å². The third-order valence-corrected chi connectivity index (χ3v) is 4.89. The van der Waals surface area contributed by atoms with Crippen molar-refractivity contribution >= 4 is 0 Å². The molecule has 4 heteroatoms. The lowest BCUT2D eigenvalue weighted by molar-refractivity contribution is 0.196. The van der Waals surface area contributed by atoms with Crippen LogP contribution in [0.3, 0.4) is 0 Å². The van der Waals surface area contributed by atoms with Crippen LogP contribution in [0.4, 0.5) is 0 Å². The van der Waals surface area contributed by atoms with Gasteiger partial charge in [0, 0.05) is 5.56 Å². The second-order valence-corrected chi connectivity index (χ2v) is 6.59. The maximum atomic E-state index is 5.55. The molecular formula is C23H27NO3. The van der Waals surface area contributed by atoms with E-state index in [1.807, 2.05) is 42.5 Å². The van der Waals surface area contributed by atoms with Crippen molar-refractivity contribution in [3.8, 4) is 29.1 Å². The van der Waals surface area contributed by atoms with Crippen molar-refractivity contribution in [3.63, 3.8) is 0 Å². The minimum absolute atomic E-state index is 0.0146. The molecule has 0 aliphatic carbocycles. The summed E-state index contributed by atoms with van der Waals surface area (Å²) in [6, 6.07) is 14.1. The first-order chi connectivity index (χ1) is 13.3. The summed E-state index contributed by atoms with van der Waals surface area (Å²) in [5, 5.41) is 0. The predicted molar refractivity (Wildman–Crippen MR) is 108 cm³/mol. The smallest absolute Gasteiger partial charge is 0.203 e. The number of likely N-dealkylation sites (tertiary alicyclic amines) is 1. The highest BCUT2D eigenvalue weighted by molar-refractivity contribution is 5.55. The molecule has 0 aromatic heterocycles. The van der Waals surface area contributed by atoms with E-state index in [2.05, 4.69) is 16.7 Å². The molecule has 3 rings (SSSR count). The Morgan fingerprint density at radius 2 is 1.48 bits per heavy atom. The lowest BCUT2D eigenvalue weighted by Gasteiger charge is -2.32. The Hall–Kier alpha value is -2.64. The van der Waals surface area contributed by atoms with E-state index in [9.17, 15) is 0 Å². The second-order valence-electron chi connectivity index (χ2n) is 6.59. The van der Waals surface area contributed by atoms with Crippen LogP contribution in [-0.4, -0.2) is 39.3 Å². The van der Waals surface area contributed by atoms with E-state index in [4.69, 9.17) is 14.2 Å². The number of rotatable bonds is 5. The third-order valence-electron chi connectivity index (χ3n) is 4.89. The van der Waals surface area contributed by atoms with Crippen LogP contribution >= 0.6 is 0 Å². The maximum Gasteiger partial charge on any atom is 0.203 e. The molecule has 142 valence electrons. The van der Waals surface area contributed by atoms with Gasteiger partial charge in [-0.2, -0.15) is 0 Å². The molecular weight excluding hydrogens is 338 g/mol. The van der Waals surface area contributed by atoms with E-state index in [1.165, 1.54) is 19.3 Å².